The van der Waals surface area contributed by atoms with Crippen LogP contribution in [0.4, 0.5) is 5.13 Å². The number of nitrogens with zero attached hydrogens (tertiary/aromatic N) is 3. The van der Waals surface area contributed by atoms with E-state index in [1.165, 1.54) is 51.7 Å². The van der Waals surface area contributed by atoms with Crippen molar-refractivity contribution in [3.63, 3.8) is 0 Å². The van der Waals surface area contributed by atoms with Crippen LogP contribution in [-0.2, 0) is 15.8 Å². The van der Waals surface area contributed by atoms with Gasteiger partial charge in [-0.15, -0.1) is 10.2 Å². The smallest absolute Gasteiger partial charge is 0.257 e. The van der Waals surface area contributed by atoms with Gasteiger partial charge in [0.25, 0.3) is 5.91 Å². The van der Waals surface area contributed by atoms with E-state index in [-0.39, 0.29) is 10.8 Å². The van der Waals surface area contributed by atoms with E-state index in [1.54, 1.807) is 12.1 Å². The second-order valence-electron chi connectivity index (χ2n) is 6.99. The van der Waals surface area contributed by atoms with E-state index < -0.39 is 10.0 Å². The minimum Gasteiger partial charge on any atom is -0.296 e. The molecule has 1 saturated heterocycles. The quantitative estimate of drug-likeness (QED) is 0.335. The fourth-order valence-electron chi connectivity index (χ4n) is 3.12. The second-order valence-corrected chi connectivity index (χ2v) is 12.0. The number of thioether (sulfide) groups is 1. The molecule has 7 nitrogen and oxygen atoms in total. The molecule has 12 heteroatoms. The molecule has 1 amide bonds. The molecule has 1 N–H and O–H groups in total. The molecular formula is C20H18Cl2N4O3S3. The Morgan fingerprint density at radius 1 is 1.09 bits per heavy atom. The Bertz CT molecular complexity index is 1230. The summed E-state index contributed by atoms with van der Waals surface area (Å²) < 4.78 is 27.4. The van der Waals surface area contributed by atoms with E-state index in [0.717, 1.165) is 18.4 Å². The molecule has 3 aromatic rings. The molecule has 0 aliphatic carbocycles. The Morgan fingerprint density at radius 3 is 2.50 bits per heavy atom. The molecule has 168 valence electrons. The average Bonchev–Trinajstić information content (AvgIpc) is 3.46. The van der Waals surface area contributed by atoms with Crippen molar-refractivity contribution in [1.29, 1.82) is 0 Å². The van der Waals surface area contributed by atoms with Gasteiger partial charge in [-0.25, -0.2) is 8.42 Å². The molecule has 0 bridgehead atoms. The van der Waals surface area contributed by atoms with Crippen LogP contribution >= 0.6 is 46.3 Å². The molecule has 1 aliphatic heterocycles. The van der Waals surface area contributed by atoms with Crippen LogP contribution in [0, 0.1) is 0 Å². The van der Waals surface area contributed by atoms with Crippen LogP contribution in [0.5, 0.6) is 0 Å². The number of sulfonamides is 1. The Balaban J connectivity index is 1.36. The van der Waals surface area contributed by atoms with Gasteiger partial charge in [-0.05, 0) is 54.8 Å². The van der Waals surface area contributed by atoms with Gasteiger partial charge in [0.15, 0.2) is 4.34 Å². The number of carbonyl (C=O) groups is 1. The zero-order chi connectivity index (χ0) is 22.7. The average molecular weight is 529 g/mol. The maximum absolute atomic E-state index is 12.6. The number of halogens is 2. The summed E-state index contributed by atoms with van der Waals surface area (Å²) in [5, 5.41) is 12.3. The van der Waals surface area contributed by atoms with Crippen molar-refractivity contribution in [3.8, 4) is 0 Å². The van der Waals surface area contributed by atoms with Crippen molar-refractivity contribution >= 4 is 67.4 Å². The molecule has 4 rings (SSSR count). The van der Waals surface area contributed by atoms with Crippen molar-refractivity contribution in [2.45, 2.75) is 27.8 Å². The van der Waals surface area contributed by atoms with Crippen LogP contribution in [0.2, 0.25) is 10.0 Å². The molecule has 0 spiro atoms. The van der Waals surface area contributed by atoms with Gasteiger partial charge in [-0.3, -0.25) is 10.1 Å². The van der Waals surface area contributed by atoms with E-state index in [9.17, 15) is 13.2 Å². The molecule has 0 unspecified atom stereocenters. The Kier molecular flexibility index (Phi) is 7.38. The van der Waals surface area contributed by atoms with Crippen molar-refractivity contribution in [3.05, 3.63) is 63.6 Å². The second kappa shape index (κ2) is 10.1. The third kappa shape index (κ3) is 5.44. The minimum atomic E-state index is -3.51. The normalized spacial score (nSPS) is 14.6. The fourth-order valence-corrected chi connectivity index (χ4v) is 6.94. The molecule has 1 fully saturated rings. The summed E-state index contributed by atoms with van der Waals surface area (Å²) >= 11 is 14.8. The summed E-state index contributed by atoms with van der Waals surface area (Å²) in [6.45, 7) is 1.07. The van der Waals surface area contributed by atoms with Crippen LogP contribution in [0.1, 0.15) is 28.8 Å². The lowest BCUT2D eigenvalue weighted by atomic mass is 10.2. The number of amides is 1. The highest BCUT2D eigenvalue weighted by molar-refractivity contribution is 8.00. The summed E-state index contributed by atoms with van der Waals surface area (Å²) in [7, 11) is -3.51. The number of carbonyl (C=O) groups excluding carboxylic acids is 1. The van der Waals surface area contributed by atoms with Gasteiger partial charge < -0.3 is 0 Å². The van der Waals surface area contributed by atoms with Crippen molar-refractivity contribution in [1.82, 2.24) is 14.5 Å². The number of hydrogen-bond acceptors (Lipinski definition) is 7. The molecule has 2 aromatic carbocycles. The van der Waals surface area contributed by atoms with Crippen LogP contribution in [0.3, 0.4) is 0 Å². The van der Waals surface area contributed by atoms with Crippen LogP contribution in [-0.4, -0.2) is 41.9 Å². The van der Waals surface area contributed by atoms with Crippen LogP contribution < -0.4 is 5.32 Å². The van der Waals surface area contributed by atoms with Gasteiger partial charge in [0.2, 0.25) is 15.2 Å². The lowest BCUT2D eigenvalue weighted by Gasteiger charge is -2.15. The Hall–Kier alpha value is -1.69. The van der Waals surface area contributed by atoms with E-state index in [2.05, 4.69) is 15.5 Å². The highest BCUT2D eigenvalue weighted by Gasteiger charge is 2.27. The lowest BCUT2D eigenvalue weighted by molar-refractivity contribution is 0.102. The largest absolute Gasteiger partial charge is 0.296 e. The third-order valence-electron chi connectivity index (χ3n) is 4.81. The van der Waals surface area contributed by atoms with Gasteiger partial charge in [-0.2, -0.15) is 4.31 Å². The van der Waals surface area contributed by atoms with E-state index in [0.29, 0.717) is 43.9 Å². The fraction of sp³-hybridized carbons (Fsp3) is 0.250. The first kappa shape index (κ1) is 23.5. The van der Waals surface area contributed by atoms with Gasteiger partial charge in [0.05, 0.1) is 4.90 Å². The molecular weight excluding hydrogens is 511 g/mol. The number of hydrogen-bond donors (Lipinski definition) is 1. The third-order valence-corrected chi connectivity index (χ3v) is 9.33. The zero-order valence-electron chi connectivity index (χ0n) is 16.6. The van der Waals surface area contributed by atoms with E-state index >= 15 is 0 Å². The monoisotopic (exact) mass is 528 g/mol. The molecule has 0 radical (unpaired) electrons. The molecule has 1 aliphatic rings. The van der Waals surface area contributed by atoms with Crippen molar-refractivity contribution in [2.75, 3.05) is 18.4 Å². The van der Waals surface area contributed by atoms with Gasteiger partial charge in [-0.1, -0.05) is 52.4 Å². The number of benzene rings is 2. The summed E-state index contributed by atoms with van der Waals surface area (Å²) in [6.07, 6.45) is 1.74. The SMILES string of the molecule is O=C(Nc1nnc(SCc2ccc(Cl)cc2Cl)s1)c1ccc(S(=O)(=O)N2CCCC2)cc1. The lowest BCUT2D eigenvalue weighted by Crippen LogP contribution is -2.27. The first-order valence-corrected chi connectivity index (χ1v) is 13.6. The number of aromatic nitrogens is 2. The predicted molar refractivity (Wildman–Crippen MR) is 128 cm³/mol. The Labute approximate surface area is 204 Å². The molecule has 1 aromatic heterocycles. The number of anilines is 1. The highest BCUT2D eigenvalue weighted by Crippen LogP contribution is 2.31. The minimum absolute atomic E-state index is 0.186. The van der Waals surface area contributed by atoms with Gasteiger partial charge in [0.1, 0.15) is 0 Å². The maximum atomic E-state index is 12.6. The van der Waals surface area contributed by atoms with Crippen molar-refractivity contribution in [2.24, 2.45) is 0 Å². The summed E-state index contributed by atoms with van der Waals surface area (Å²) in [6, 6.07) is 11.2. The standard InChI is InChI=1S/C20H18Cl2N4O3S3/c21-15-6-3-14(17(22)11-15)12-30-20-25-24-19(31-20)23-18(27)13-4-7-16(8-5-13)32(28,29)26-9-1-2-10-26/h3-8,11H,1-2,9-10,12H2,(H,23,24,27). The van der Waals surface area contributed by atoms with Crippen molar-refractivity contribution < 1.29 is 13.2 Å². The maximum Gasteiger partial charge on any atom is 0.257 e. The summed E-state index contributed by atoms with van der Waals surface area (Å²) in [5.74, 6) is 0.203. The molecule has 0 atom stereocenters. The Morgan fingerprint density at radius 2 is 1.81 bits per heavy atom. The van der Waals surface area contributed by atoms with Gasteiger partial charge in [0, 0.05) is 34.5 Å². The molecule has 32 heavy (non-hydrogen) atoms. The van der Waals surface area contributed by atoms with Gasteiger partial charge >= 0.3 is 0 Å². The first-order valence-electron chi connectivity index (χ1n) is 9.65. The molecule has 2 heterocycles. The topological polar surface area (TPSA) is 92.3 Å². The highest BCUT2D eigenvalue weighted by atomic mass is 35.5. The number of nitrogens with one attached hydrogen (secondary N) is 1. The van der Waals surface area contributed by atoms with Crippen LogP contribution in [0.25, 0.3) is 0 Å². The van der Waals surface area contributed by atoms with Crippen LogP contribution in [0.15, 0.2) is 51.7 Å². The zero-order valence-corrected chi connectivity index (χ0v) is 20.6. The van der Waals surface area contributed by atoms with E-state index in [4.69, 9.17) is 23.2 Å². The van der Waals surface area contributed by atoms with E-state index in [1.807, 2.05) is 6.07 Å². The molecule has 0 saturated carbocycles. The number of rotatable bonds is 7. The summed E-state index contributed by atoms with van der Waals surface area (Å²) in [4.78, 5) is 12.7. The predicted octanol–water partition coefficient (Wildman–Crippen LogP) is 5.17. The summed E-state index contributed by atoms with van der Waals surface area (Å²) in [5.41, 5.74) is 1.26. The first-order chi connectivity index (χ1) is 15.3.